The summed E-state index contributed by atoms with van der Waals surface area (Å²) in [4.78, 5) is 38.5. The zero-order valence-corrected chi connectivity index (χ0v) is 9.75. The van der Waals surface area contributed by atoms with Gasteiger partial charge < -0.3 is 0 Å². The minimum Gasteiger partial charge on any atom is -0.274 e. The third kappa shape index (κ3) is 1.94. The van der Waals surface area contributed by atoms with Crippen LogP contribution in [0.4, 0.5) is 11.5 Å². The summed E-state index contributed by atoms with van der Waals surface area (Å²) in [6.45, 7) is 1.54. The molecule has 1 aliphatic rings. The Kier molecular flexibility index (Phi) is 3.05. The highest BCUT2D eigenvalue weighted by atomic mass is 16.6. The van der Waals surface area contributed by atoms with Gasteiger partial charge in [-0.3, -0.25) is 19.7 Å². The van der Waals surface area contributed by atoms with Crippen LogP contribution in [0.5, 0.6) is 0 Å². The fourth-order valence-corrected chi connectivity index (χ4v) is 1.92. The Morgan fingerprint density at radius 1 is 1.33 bits per heavy atom. The van der Waals surface area contributed by atoms with E-state index in [0.29, 0.717) is 12.0 Å². The molecule has 7 nitrogen and oxygen atoms in total. The van der Waals surface area contributed by atoms with Crippen LogP contribution in [0.3, 0.4) is 0 Å². The molecule has 0 saturated carbocycles. The summed E-state index contributed by atoms with van der Waals surface area (Å²) < 4.78 is 0. The van der Waals surface area contributed by atoms with Crippen LogP contribution in [0, 0.1) is 17.0 Å². The highest BCUT2D eigenvalue weighted by Crippen LogP contribution is 2.31. The average molecular weight is 249 g/mol. The van der Waals surface area contributed by atoms with Gasteiger partial charge in [-0.05, 0) is 19.4 Å². The van der Waals surface area contributed by atoms with Crippen molar-refractivity contribution in [2.24, 2.45) is 0 Å². The second-order valence-corrected chi connectivity index (χ2v) is 4.03. The van der Waals surface area contributed by atoms with E-state index in [9.17, 15) is 19.7 Å². The maximum Gasteiger partial charge on any atom is 0.315 e. The number of aryl methyl sites for hydroxylation is 1. The number of carbonyl (C=O) groups excluding carboxylic acids is 2. The highest BCUT2D eigenvalue weighted by molar-refractivity contribution is 6.16. The van der Waals surface area contributed by atoms with Gasteiger partial charge in [0, 0.05) is 24.6 Å². The van der Waals surface area contributed by atoms with E-state index in [4.69, 9.17) is 0 Å². The SMILES string of the molecule is Cc1ccnc(N2C(=O)CCCC2=O)c1[N+](=O)[O-]. The number of piperidine rings is 1. The summed E-state index contributed by atoms with van der Waals surface area (Å²) in [6.07, 6.45) is 2.25. The van der Waals surface area contributed by atoms with E-state index in [1.165, 1.54) is 12.3 Å². The quantitative estimate of drug-likeness (QED) is 0.448. The second-order valence-electron chi connectivity index (χ2n) is 4.03. The van der Waals surface area contributed by atoms with Crippen molar-refractivity contribution >= 4 is 23.3 Å². The molecule has 1 fully saturated rings. The molecule has 94 valence electrons. The van der Waals surface area contributed by atoms with Crippen LogP contribution in [-0.2, 0) is 9.59 Å². The Labute approximate surface area is 103 Å². The van der Waals surface area contributed by atoms with Crippen molar-refractivity contribution in [3.05, 3.63) is 27.9 Å². The predicted molar refractivity (Wildman–Crippen MR) is 62.0 cm³/mol. The Balaban J connectivity index is 2.56. The second kappa shape index (κ2) is 4.52. The number of anilines is 1. The first-order chi connectivity index (χ1) is 8.52. The van der Waals surface area contributed by atoms with Gasteiger partial charge in [-0.15, -0.1) is 0 Å². The van der Waals surface area contributed by atoms with E-state index < -0.39 is 16.7 Å². The minimum absolute atomic E-state index is 0.172. The number of carbonyl (C=O) groups is 2. The van der Waals surface area contributed by atoms with Crippen LogP contribution in [0.1, 0.15) is 24.8 Å². The fourth-order valence-electron chi connectivity index (χ4n) is 1.92. The van der Waals surface area contributed by atoms with Crippen LogP contribution in [0.2, 0.25) is 0 Å². The fraction of sp³-hybridized carbons (Fsp3) is 0.364. The first-order valence-electron chi connectivity index (χ1n) is 5.48. The van der Waals surface area contributed by atoms with Crippen LogP contribution in [-0.4, -0.2) is 21.7 Å². The lowest BCUT2D eigenvalue weighted by molar-refractivity contribution is -0.384. The number of amides is 2. The number of nitrogens with zero attached hydrogens (tertiary/aromatic N) is 3. The van der Waals surface area contributed by atoms with Gasteiger partial charge in [0.25, 0.3) is 0 Å². The molecule has 0 radical (unpaired) electrons. The molecule has 1 aromatic rings. The van der Waals surface area contributed by atoms with Gasteiger partial charge in [-0.25, -0.2) is 9.88 Å². The number of nitro groups is 1. The Morgan fingerprint density at radius 3 is 2.50 bits per heavy atom. The zero-order valence-electron chi connectivity index (χ0n) is 9.75. The van der Waals surface area contributed by atoms with Gasteiger partial charge in [-0.2, -0.15) is 0 Å². The number of imide groups is 1. The highest BCUT2D eigenvalue weighted by Gasteiger charge is 2.34. The summed E-state index contributed by atoms with van der Waals surface area (Å²) in [6, 6.07) is 1.47. The zero-order chi connectivity index (χ0) is 13.3. The average Bonchev–Trinajstić information content (AvgIpc) is 2.28. The number of aromatic nitrogens is 1. The molecule has 0 unspecified atom stereocenters. The van der Waals surface area contributed by atoms with Crippen LogP contribution >= 0.6 is 0 Å². The maximum atomic E-state index is 11.7. The van der Waals surface area contributed by atoms with Crippen LogP contribution in [0.25, 0.3) is 0 Å². The van der Waals surface area contributed by atoms with Crippen molar-refractivity contribution in [3.8, 4) is 0 Å². The summed E-state index contributed by atoms with van der Waals surface area (Å²) >= 11 is 0. The Hall–Kier alpha value is -2.31. The van der Waals surface area contributed by atoms with Crippen LogP contribution in [0.15, 0.2) is 12.3 Å². The van der Waals surface area contributed by atoms with E-state index in [2.05, 4.69) is 4.98 Å². The third-order valence-electron chi connectivity index (χ3n) is 2.78. The molecule has 2 heterocycles. The van der Waals surface area contributed by atoms with E-state index in [1.54, 1.807) is 6.92 Å². The molecule has 0 bridgehead atoms. The Bertz CT molecular complexity index is 525. The molecule has 1 aliphatic heterocycles. The van der Waals surface area contributed by atoms with Crippen molar-refractivity contribution in [2.45, 2.75) is 26.2 Å². The topological polar surface area (TPSA) is 93.4 Å². The standard InChI is InChI=1S/C11H11N3O4/c1-7-5-6-12-11(10(7)14(17)18)13-8(15)3-2-4-9(13)16/h5-6H,2-4H2,1H3. The van der Waals surface area contributed by atoms with E-state index >= 15 is 0 Å². The van der Waals surface area contributed by atoms with Crippen molar-refractivity contribution in [1.82, 2.24) is 4.98 Å². The summed E-state index contributed by atoms with van der Waals surface area (Å²) in [7, 11) is 0. The minimum atomic E-state index is -0.618. The molecule has 2 rings (SSSR count). The predicted octanol–water partition coefficient (Wildman–Crippen LogP) is 1.34. The van der Waals surface area contributed by atoms with Crippen molar-refractivity contribution in [1.29, 1.82) is 0 Å². The van der Waals surface area contributed by atoms with Crippen molar-refractivity contribution in [2.75, 3.05) is 4.90 Å². The molecule has 1 aromatic heterocycles. The van der Waals surface area contributed by atoms with Gasteiger partial charge in [0.2, 0.25) is 17.6 Å². The summed E-state index contributed by atoms with van der Waals surface area (Å²) in [5.74, 6) is -1.05. The molecule has 0 aliphatic carbocycles. The van der Waals surface area contributed by atoms with E-state index in [0.717, 1.165) is 4.90 Å². The van der Waals surface area contributed by atoms with Gasteiger partial charge in [0.15, 0.2) is 0 Å². The molecule has 2 amide bonds. The number of rotatable bonds is 2. The normalized spacial score (nSPS) is 15.9. The van der Waals surface area contributed by atoms with E-state index in [-0.39, 0.29) is 24.3 Å². The molecular weight excluding hydrogens is 238 g/mol. The molecule has 7 heteroatoms. The summed E-state index contributed by atoms with van der Waals surface area (Å²) in [5, 5.41) is 11.0. The van der Waals surface area contributed by atoms with Crippen molar-refractivity contribution in [3.63, 3.8) is 0 Å². The van der Waals surface area contributed by atoms with Gasteiger partial charge in [0.1, 0.15) is 0 Å². The number of hydrogen-bond donors (Lipinski definition) is 0. The van der Waals surface area contributed by atoms with Crippen LogP contribution < -0.4 is 4.90 Å². The molecule has 0 atom stereocenters. The van der Waals surface area contributed by atoms with Gasteiger partial charge in [0.05, 0.1) is 4.92 Å². The molecule has 18 heavy (non-hydrogen) atoms. The van der Waals surface area contributed by atoms with Gasteiger partial charge in [-0.1, -0.05) is 0 Å². The van der Waals surface area contributed by atoms with E-state index in [1.807, 2.05) is 0 Å². The molecule has 0 N–H and O–H groups in total. The first-order valence-corrected chi connectivity index (χ1v) is 5.48. The maximum absolute atomic E-state index is 11.7. The molecular formula is C11H11N3O4. The summed E-state index contributed by atoms with van der Waals surface area (Å²) in [5.41, 5.74) is 0.0808. The molecule has 1 saturated heterocycles. The lowest BCUT2D eigenvalue weighted by Crippen LogP contribution is -2.41. The Morgan fingerprint density at radius 2 is 1.94 bits per heavy atom. The number of pyridine rings is 1. The lowest BCUT2D eigenvalue weighted by Gasteiger charge is -2.23. The first kappa shape index (κ1) is 12.2. The monoisotopic (exact) mass is 249 g/mol. The largest absolute Gasteiger partial charge is 0.315 e. The third-order valence-corrected chi connectivity index (χ3v) is 2.78. The molecule has 0 aromatic carbocycles. The van der Waals surface area contributed by atoms with Crippen molar-refractivity contribution < 1.29 is 14.5 Å². The number of hydrogen-bond acceptors (Lipinski definition) is 5. The smallest absolute Gasteiger partial charge is 0.274 e. The molecule has 0 spiro atoms. The van der Waals surface area contributed by atoms with Gasteiger partial charge >= 0.3 is 5.69 Å². The lowest BCUT2D eigenvalue weighted by atomic mass is 10.1.